The van der Waals surface area contributed by atoms with Gasteiger partial charge in [-0.1, -0.05) is 18.2 Å². The van der Waals surface area contributed by atoms with Gasteiger partial charge in [-0.25, -0.2) is 0 Å². The van der Waals surface area contributed by atoms with Crippen LogP contribution in [0.2, 0.25) is 0 Å². The Balaban J connectivity index is 1.74. The van der Waals surface area contributed by atoms with E-state index in [0.29, 0.717) is 18.2 Å². The van der Waals surface area contributed by atoms with Gasteiger partial charge in [-0.05, 0) is 30.5 Å². The second kappa shape index (κ2) is 7.47. The Hall–Kier alpha value is -1.36. The molecule has 0 N–H and O–H groups in total. The van der Waals surface area contributed by atoms with Gasteiger partial charge in [0.15, 0.2) is 0 Å². The summed E-state index contributed by atoms with van der Waals surface area (Å²) in [7, 11) is 3.56. The zero-order valence-electron chi connectivity index (χ0n) is 14.3. The molecule has 0 radical (unpaired) electrons. The first-order chi connectivity index (χ1) is 11.2. The molecular weight excluding hydrogens is 288 g/mol. The highest BCUT2D eigenvalue weighted by Crippen LogP contribution is 2.30. The predicted molar refractivity (Wildman–Crippen MR) is 92.8 cm³/mol. The molecule has 3 aliphatic rings. The van der Waals surface area contributed by atoms with Crippen molar-refractivity contribution in [3.63, 3.8) is 0 Å². The number of rotatable bonds is 6. The van der Waals surface area contributed by atoms with Crippen molar-refractivity contribution in [1.82, 2.24) is 9.80 Å². The van der Waals surface area contributed by atoms with Crippen LogP contribution in [0.15, 0.2) is 36.9 Å². The summed E-state index contributed by atoms with van der Waals surface area (Å²) < 4.78 is 11.1. The van der Waals surface area contributed by atoms with Gasteiger partial charge in [0, 0.05) is 45.4 Å². The molecule has 3 aliphatic heterocycles. The van der Waals surface area contributed by atoms with Gasteiger partial charge < -0.3 is 9.47 Å². The summed E-state index contributed by atoms with van der Waals surface area (Å²) in [4.78, 5) is 5.18. The molecule has 1 aromatic carbocycles. The number of piperazine rings is 1. The molecule has 0 aromatic heterocycles. The highest BCUT2D eigenvalue weighted by Gasteiger charge is 2.41. The summed E-state index contributed by atoms with van der Waals surface area (Å²) in [5.74, 6) is 0.915. The average Bonchev–Trinajstić information content (AvgIpc) is 2.85. The molecule has 126 valence electrons. The van der Waals surface area contributed by atoms with Gasteiger partial charge in [0.05, 0.1) is 13.2 Å². The van der Waals surface area contributed by atoms with Crippen LogP contribution in [0.1, 0.15) is 18.4 Å². The second-order valence-corrected chi connectivity index (χ2v) is 6.59. The number of benzene rings is 1. The lowest BCUT2D eigenvalue weighted by Crippen LogP contribution is -2.58. The van der Waals surface area contributed by atoms with Crippen molar-refractivity contribution < 1.29 is 9.47 Å². The molecular formula is C19H28N2O2. The Labute approximate surface area is 139 Å². The molecule has 2 bridgehead atoms. The molecule has 3 heterocycles. The molecule has 1 aromatic rings. The van der Waals surface area contributed by atoms with Crippen LogP contribution in [0.5, 0.6) is 5.75 Å². The number of ether oxygens (including phenoxy) is 2. The summed E-state index contributed by atoms with van der Waals surface area (Å²) in [6, 6.07) is 9.50. The van der Waals surface area contributed by atoms with E-state index in [4.69, 9.17) is 9.47 Å². The molecule has 0 spiro atoms. The van der Waals surface area contributed by atoms with E-state index in [-0.39, 0.29) is 0 Å². The smallest absolute Gasteiger partial charge is 0.118 e. The molecule has 0 saturated carbocycles. The van der Waals surface area contributed by atoms with Gasteiger partial charge in [0.25, 0.3) is 0 Å². The number of methoxy groups -OCH3 is 2. The van der Waals surface area contributed by atoms with Crippen LogP contribution in [-0.2, 0) is 11.3 Å². The van der Waals surface area contributed by atoms with Gasteiger partial charge in [-0.3, -0.25) is 9.80 Å². The van der Waals surface area contributed by atoms with E-state index in [1.807, 2.05) is 25.3 Å². The van der Waals surface area contributed by atoms with Crippen molar-refractivity contribution in [2.45, 2.75) is 37.6 Å². The third-order valence-corrected chi connectivity index (χ3v) is 5.28. The standard InChI is InChI=1S/C19H28N2O2/c1-4-11-20-14-18-19(23-3)10-7-16(20)13-21(18)12-15-5-8-17(22-2)9-6-15/h4-6,8-9,16,18-19H,1,7,10-14H2,2-3H3/t16-,18+,19-/m0/s1. The third-order valence-electron chi connectivity index (χ3n) is 5.28. The lowest BCUT2D eigenvalue weighted by atomic mass is 10.0. The molecule has 4 rings (SSSR count). The van der Waals surface area contributed by atoms with Crippen molar-refractivity contribution in [1.29, 1.82) is 0 Å². The van der Waals surface area contributed by atoms with Crippen molar-refractivity contribution in [3.05, 3.63) is 42.5 Å². The zero-order valence-corrected chi connectivity index (χ0v) is 14.3. The van der Waals surface area contributed by atoms with Crippen LogP contribution in [0, 0.1) is 0 Å². The largest absolute Gasteiger partial charge is 0.497 e. The van der Waals surface area contributed by atoms with Gasteiger partial charge in [-0.15, -0.1) is 6.58 Å². The summed E-state index contributed by atoms with van der Waals surface area (Å²) >= 11 is 0. The predicted octanol–water partition coefficient (Wildman–Crippen LogP) is 2.54. The monoisotopic (exact) mass is 316 g/mol. The molecule has 23 heavy (non-hydrogen) atoms. The van der Waals surface area contributed by atoms with E-state index in [0.717, 1.165) is 38.3 Å². The Morgan fingerprint density at radius 3 is 2.57 bits per heavy atom. The number of hydrogen-bond acceptors (Lipinski definition) is 4. The summed E-state index contributed by atoms with van der Waals surface area (Å²) in [5.41, 5.74) is 1.34. The summed E-state index contributed by atoms with van der Waals surface area (Å²) in [6.07, 6.45) is 4.71. The molecule has 4 heteroatoms. The molecule has 0 unspecified atom stereocenters. The SMILES string of the molecule is C=CCN1C[C@@H]2[C@@H](OC)CC[C@H]1CN2Cc1ccc(OC)cc1. The highest BCUT2D eigenvalue weighted by atomic mass is 16.5. The maximum absolute atomic E-state index is 5.82. The highest BCUT2D eigenvalue weighted by molar-refractivity contribution is 5.27. The first kappa shape index (κ1) is 16.5. The topological polar surface area (TPSA) is 24.9 Å². The Morgan fingerprint density at radius 2 is 1.91 bits per heavy atom. The second-order valence-electron chi connectivity index (χ2n) is 6.59. The number of hydrogen-bond donors (Lipinski definition) is 0. The average molecular weight is 316 g/mol. The number of fused-ring (bicyclic) bond motifs is 4. The van der Waals surface area contributed by atoms with Crippen molar-refractivity contribution >= 4 is 0 Å². The van der Waals surface area contributed by atoms with Crippen LogP contribution >= 0.6 is 0 Å². The third kappa shape index (κ3) is 3.60. The van der Waals surface area contributed by atoms with Gasteiger partial charge in [0.1, 0.15) is 5.75 Å². The van der Waals surface area contributed by atoms with Gasteiger partial charge in [0.2, 0.25) is 0 Å². The first-order valence-electron chi connectivity index (χ1n) is 8.50. The minimum Gasteiger partial charge on any atom is -0.497 e. The zero-order chi connectivity index (χ0) is 16.2. The molecule has 3 saturated heterocycles. The molecule has 0 aliphatic carbocycles. The van der Waals surface area contributed by atoms with Crippen LogP contribution in [0.4, 0.5) is 0 Å². The van der Waals surface area contributed by atoms with E-state index in [1.165, 1.54) is 12.0 Å². The molecule has 3 atom stereocenters. The van der Waals surface area contributed by atoms with Crippen LogP contribution in [-0.4, -0.2) is 61.8 Å². The fraction of sp³-hybridized carbons (Fsp3) is 0.579. The van der Waals surface area contributed by atoms with Crippen molar-refractivity contribution in [2.24, 2.45) is 0 Å². The number of nitrogens with zero attached hydrogens (tertiary/aromatic N) is 2. The van der Waals surface area contributed by atoms with E-state index in [9.17, 15) is 0 Å². The minimum absolute atomic E-state index is 0.327. The Morgan fingerprint density at radius 1 is 1.13 bits per heavy atom. The van der Waals surface area contributed by atoms with Crippen LogP contribution in [0.25, 0.3) is 0 Å². The first-order valence-corrected chi connectivity index (χ1v) is 8.50. The Bertz CT molecular complexity index is 517. The minimum atomic E-state index is 0.327. The van der Waals surface area contributed by atoms with Crippen molar-refractivity contribution in [2.75, 3.05) is 33.9 Å². The lowest BCUT2D eigenvalue weighted by Gasteiger charge is -2.45. The fourth-order valence-electron chi connectivity index (χ4n) is 4.01. The lowest BCUT2D eigenvalue weighted by molar-refractivity contribution is -0.0222. The van der Waals surface area contributed by atoms with E-state index in [2.05, 4.69) is 28.5 Å². The maximum atomic E-state index is 5.82. The summed E-state index contributed by atoms with van der Waals surface area (Å²) in [6.45, 7) is 8.06. The quantitative estimate of drug-likeness (QED) is 0.753. The normalized spacial score (nSPS) is 28.5. The van der Waals surface area contributed by atoms with Gasteiger partial charge >= 0.3 is 0 Å². The van der Waals surface area contributed by atoms with Crippen molar-refractivity contribution in [3.8, 4) is 5.75 Å². The van der Waals surface area contributed by atoms with Crippen LogP contribution in [0.3, 0.4) is 0 Å². The molecule has 4 nitrogen and oxygen atoms in total. The summed E-state index contributed by atoms with van der Waals surface area (Å²) in [5, 5.41) is 0. The molecule has 3 fully saturated rings. The van der Waals surface area contributed by atoms with Crippen LogP contribution < -0.4 is 4.74 Å². The van der Waals surface area contributed by atoms with Gasteiger partial charge in [-0.2, -0.15) is 0 Å². The maximum Gasteiger partial charge on any atom is 0.118 e. The van der Waals surface area contributed by atoms with E-state index >= 15 is 0 Å². The Kier molecular flexibility index (Phi) is 5.36. The van der Waals surface area contributed by atoms with E-state index < -0.39 is 0 Å². The molecule has 0 amide bonds. The fourth-order valence-corrected chi connectivity index (χ4v) is 4.01. The van der Waals surface area contributed by atoms with E-state index in [1.54, 1.807) is 7.11 Å².